The Morgan fingerprint density at radius 1 is 1.21 bits per heavy atom. The van der Waals surface area contributed by atoms with E-state index >= 15 is 0 Å². The number of aryl methyl sites for hydroxylation is 1. The van der Waals surface area contributed by atoms with Crippen LogP contribution in [-0.4, -0.2) is 20.1 Å². The van der Waals surface area contributed by atoms with Crippen molar-refractivity contribution in [3.05, 3.63) is 46.8 Å². The van der Waals surface area contributed by atoms with Gasteiger partial charge in [0.25, 0.3) is 0 Å². The second kappa shape index (κ2) is 6.48. The van der Waals surface area contributed by atoms with Crippen LogP contribution in [0.5, 0.6) is 0 Å². The number of rotatable bonds is 6. The van der Waals surface area contributed by atoms with Crippen molar-refractivity contribution in [2.75, 3.05) is 0 Å². The zero-order valence-corrected chi connectivity index (χ0v) is 11.6. The lowest BCUT2D eigenvalue weighted by molar-refractivity contribution is 0.275. The first kappa shape index (κ1) is 13.7. The van der Waals surface area contributed by atoms with Crippen molar-refractivity contribution < 1.29 is 5.11 Å². The quantitative estimate of drug-likeness (QED) is 0.867. The summed E-state index contributed by atoms with van der Waals surface area (Å²) >= 11 is 0. The maximum atomic E-state index is 9.32. The summed E-state index contributed by atoms with van der Waals surface area (Å²) in [7, 11) is 0. The molecule has 0 bridgehead atoms. The van der Waals surface area contributed by atoms with Gasteiger partial charge in [-0.3, -0.25) is 0 Å². The monoisotopic (exact) mass is 259 g/mol. The smallest absolute Gasteiger partial charge is 0.111 e. The van der Waals surface area contributed by atoms with E-state index in [0.717, 1.165) is 25.0 Å². The summed E-state index contributed by atoms with van der Waals surface area (Å²) in [4.78, 5) is 0. The molecule has 0 spiro atoms. The van der Waals surface area contributed by atoms with Gasteiger partial charge >= 0.3 is 0 Å². The molecule has 0 aliphatic rings. The summed E-state index contributed by atoms with van der Waals surface area (Å²) in [6.07, 6.45) is 3.14. The first-order valence-electron chi connectivity index (χ1n) is 6.82. The van der Waals surface area contributed by atoms with E-state index in [9.17, 15) is 5.11 Å². The molecule has 2 rings (SSSR count). The van der Waals surface area contributed by atoms with E-state index in [1.54, 1.807) is 0 Å². The van der Waals surface area contributed by atoms with Gasteiger partial charge in [0.05, 0.1) is 18.8 Å². The molecule has 0 radical (unpaired) electrons. The number of unbranched alkanes of at least 4 members (excludes halogenated alkanes) is 1. The Morgan fingerprint density at radius 2 is 1.95 bits per heavy atom. The second-order valence-corrected chi connectivity index (χ2v) is 4.89. The molecule has 0 atom stereocenters. The lowest BCUT2D eigenvalue weighted by atomic mass is 10.1. The molecular weight excluding hydrogens is 238 g/mol. The molecule has 2 aromatic rings. The summed E-state index contributed by atoms with van der Waals surface area (Å²) in [5.41, 5.74) is 4.23. The van der Waals surface area contributed by atoms with Crippen molar-refractivity contribution in [3.63, 3.8) is 0 Å². The second-order valence-electron chi connectivity index (χ2n) is 4.89. The van der Waals surface area contributed by atoms with Crippen LogP contribution in [0.4, 0.5) is 0 Å². The Hall–Kier alpha value is -1.68. The summed E-state index contributed by atoms with van der Waals surface area (Å²) in [6, 6.07) is 8.42. The van der Waals surface area contributed by atoms with Gasteiger partial charge in [0.2, 0.25) is 0 Å². The van der Waals surface area contributed by atoms with Gasteiger partial charge < -0.3 is 5.11 Å². The molecule has 4 heteroatoms. The highest BCUT2D eigenvalue weighted by Gasteiger charge is 2.11. The van der Waals surface area contributed by atoms with E-state index in [0.29, 0.717) is 12.2 Å². The summed E-state index contributed by atoms with van der Waals surface area (Å²) in [5.74, 6) is 0. The molecule has 1 aromatic heterocycles. The highest BCUT2D eigenvalue weighted by atomic mass is 16.3. The molecule has 4 nitrogen and oxygen atoms in total. The normalized spacial score (nSPS) is 10.9. The van der Waals surface area contributed by atoms with Crippen LogP contribution < -0.4 is 0 Å². The fourth-order valence-corrected chi connectivity index (χ4v) is 2.10. The lowest BCUT2D eigenvalue weighted by Gasteiger charge is -2.07. The van der Waals surface area contributed by atoms with Crippen molar-refractivity contribution in [1.82, 2.24) is 15.0 Å². The molecular formula is C15H21N3O. The zero-order chi connectivity index (χ0) is 13.7. The molecule has 0 fully saturated rings. The molecule has 19 heavy (non-hydrogen) atoms. The van der Waals surface area contributed by atoms with Crippen LogP contribution in [0, 0.1) is 6.92 Å². The third-order valence-corrected chi connectivity index (χ3v) is 3.29. The molecule has 102 valence electrons. The average Bonchev–Trinajstić information content (AvgIpc) is 2.81. The van der Waals surface area contributed by atoms with Crippen LogP contribution in [0.2, 0.25) is 0 Å². The first-order chi connectivity index (χ1) is 9.24. The van der Waals surface area contributed by atoms with Gasteiger partial charge in [-0.15, -0.1) is 5.10 Å². The minimum atomic E-state index is -0.0348. The van der Waals surface area contributed by atoms with Crippen molar-refractivity contribution in [3.8, 4) is 0 Å². The summed E-state index contributed by atoms with van der Waals surface area (Å²) < 4.78 is 1.91. The Labute approximate surface area is 114 Å². The molecule has 0 aliphatic heterocycles. The largest absolute Gasteiger partial charge is 0.390 e. The third kappa shape index (κ3) is 3.41. The lowest BCUT2D eigenvalue weighted by Crippen LogP contribution is -2.07. The molecule has 1 aromatic carbocycles. The van der Waals surface area contributed by atoms with Gasteiger partial charge in [-0.05, 0) is 25.3 Å². The fraction of sp³-hybridized carbons (Fsp3) is 0.467. The highest BCUT2D eigenvalue weighted by molar-refractivity contribution is 5.22. The number of nitrogens with zero attached hydrogens (tertiary/aromatic N) is 3. The van der Waals surface area contributed by atoms with Crippen molar-refractivity contribution in [2.45, 2.75) is 46.3 Å². The van der Waals surface area contributed by atoms with Crippen LogP contribution in [-0.2, 0) is 19.6 Å². The maximum absolute atomic E-state index is 9.32. The van der Waals surface area contributed by atoms with E-state index in [2.05, 4.69) is 48.4 Å². The average molecular weight is 259 g/mol. The number of benzene rings is 1. The Morgan fingerprint density at radius 3 is 2.58 bits per heavy atom. The zero-order valence-electron chi connectivity index (χ0n) is 11.6. The molecule has 1 N–H and O–H groups in total. The molecule has 0 aliphatic carbocycles. The SMILES string of the molecule is CCCCc1c(CO)nnn1Cc1ccc(C)cc1. The molecule has 0 unspecified atom stereocenters. The van der Waals surface area contributed by atoms with Crippen LogP contribution in [0.15, 0.2) is 24.3 Å². The highest BCUT2D eigenvalue weighted by Crippen LogP contribution is 2.12. The molecule has 0 amide bonds. The minimum absolute atomic E-state index is 0.0348. The van der Waals surface area contributed by atoms with E-state index in [4.69, 9.17) is 0 Å². The number of hydrogen-bond acceptors (Lipinski definition) is 3. The van der Waals surface area contributed by atoms with Crippen LogP contribution in [0.1, 0.15) is 42.3 Å². The molecule has 0 saturated carbocycles. The Bertz CT molecular complexity index is 517. The fourth-order valence-electron chi connectivity index (χ4n) is 2.10. The van der Waals surface area contributed by atoms with Crippen molar-refractivity contribution >= 4 is 0 Å². The standard InChI is InChI=1S/C15H21N3O/c1-3-4-5-15-14(11-19)16-17-18(15)10-13-8-6-12(2)7-9-13/h6-9,19H,3-5,10-11H2,1-2H3. The Kier molecular flexibility index (Phi) is 4.68. The van der Waals surface area contributed by atoms with E-state index in [-0.39, 0.29) is 6.61 Å². The van der Waals surface area contributed by atoms with Gasteiger partial charge in [0, 0.05) is 0 Å². The van der Waals surface area contributed by atoms with Gasteiger partial charge in [0.1, 0.15) is 5.69 Å². The maximum Gasteiger partial charge on any atom is 0.111 e. The number of aromatic nitrogens is 3. The van der Waals surface area contributed by atoms with Crippen molar-refractivity contribution in [2.24, 2.45) is 0 Å². The van der Waals surface area contributed by atoms with Crippen LogP contribution >= 0.6 is 0 Å². The predicted octanol–water partition coefficient (Wildman–Crippen LogP) is 2.47. The first-order valence-corrected chi connectivity index (χ1v) is 6.82. The van der Waals surface area contributed by atoms with Gasteiger partial charge in [-0.1, -0.05) is 48.4 Å². The number of aliphatic hydroxyl groups is 1. The van der Waals surface area contributed by atoms with Crippen LogP contribution in [0.3, 0.4) is 0 Å². The van der Waals surface area contributed by atoms with Gasteiger partial charge in [-0.2, -0.15) is 0 Å². The topological polar surface area (TPSA) is 50.9 Å². The predicted molar refractivity (Wildman–Crippen MR) is 74.8 cm³/mol. The van der Waals surface area contributed by atoms with E-state index in [1.807, 2.05) is 4.68 Å². The van der Waals surface area contributed by atoms with E-state index < -0.39 is 0 Å². The van der Waals surface area contributed by atoms with Crippen molar-refractivity contribution in [1.29, 1.82) is 0 Å². The minimum Gasteiger partial charge on any atom is -0.390 e. The van der Waals surface area contributed by atoms with E-state index in [1.165, 1.54) is 11.1 Å². The third-order valence-electron chi connectivity index (χ3n) is 3.29. The van der Waals surface area contributed by atoms with Gasteiger partial charge in [-0.25, -0.2) is 4.68 Å². The molecule has 1 heterocycles. The van der Waals surface area contributed by atoms with Crippen LogP contribution in [0.25, 0.3) is 0 Å². The Balaban J connectivity index is 2.19. The number of hydrogen-bond donors (Lipinski definition) is 1. The summed E-state index contributed by atoms with van der Waals surface area (Å²) in [6.45, 7) is 4.92. The number of aliphatic hydroxyl groups excluding tert-OH is 1. The van der Waals surface area contributed by atoms with Gasteiger partial charge in [0.15, 0.2) is 0 Å². The summed E-state index contributed by atoms with van der Waals surface area (Å²) in [5, 5.41) is 17.5. The molecule has 0 saturated heterocycles.